The van der Waals surface area contributed by atoms with Crippen LogP contribution in [0.15, 0.2) is 24.4 Å². The number of rotatable bonds is 5. The Bertz CT molecular complexity index is 374. The first-order valence-electron chi connectivity index (χ1n) is 6.60. The maximum Gasteiger partial charge on any atom is 0.222 e. The molecule has 4 heteroatoms. The molecule has 2 heterocycles. The molecule has 1 fully saturated rings. The second-order valence-electron chi connectivity index (χ2n) is 4.95. The summed E-state index contributed by atoms with van der Waals surface area (Å²) in [4.78, 5) is 18.1. The Kier molecular flexibility index (Phi) is 4.70. The van der Waals surface area contributed by atoms with E-state index in [2.05, 4.69) is 10.3 Å². The van der Waals surface area contributed by atoms with Crippen LogP contribution in [-0.2, 0) is 11.2 Å². The van der Waals surface area contributed by atoms with Gasteiger partial charge in [-0.1, -0.05) is 6.07 Å². The molecule has 0 aliphatic carbocycles. The van der Waals surface area contributed by atoms with E-state index >= 15 is 0 Å². The molecule has 1 aromatic rings. The molecule has 1 aliphatic heterocycles. The van der Waals surface area contributed by atoms with Crippen molar-refractivity contribution < 1.29 is 4.79 Å². The molecule has 2 rings (SSSR count). The Morgan fingerprint density at radius 3 is 3.11 bits per heavy atom. The number of hydrogen-bond donors (Lipinski definition) is 1. The van der Waals surface area contributed by atoms with E-state index < -0.39 is 0 Å². The molecule has 98 valence electrons. The van der Waals surface area contributed by atoms with Crippen LogP contribution in [0.4, 0.5) is 0 Å². The normalized spacial score (nSPS) is 18.8. The highest BCUT2D eigenvalue weighted by atomic mass is 16.2. The maximum atomic E-state index is 12.0. The van der Waals surface area contributed by atoms with Crippen LogP contribution >= 0.6 is 0 Å². The molecule has 0 aromatic carbocycles. The minimum Gasteiger partial charge on any atom is -0.345 e. The van der Waals surface area contributed by atoms with Crippen molar-refractivity contribution in [3.05, 3.63) is 30.1 Å². The largest absolute Gasteiger partial charge is 0.345 e. The first-order chi connectivity index (χ1) is 8.75. The fraction of sp³-hybridized carbons (Fsp3) is 0.571. The van der Waals surface area contributed by atoms with Gasteiger partial charge in [-0.25, -0.2) is 0 Å². The quantitative estimate of drug-likeness (QED) is 0.847. The zero-order chi connectivity index (χ0) is 12.8. The first-order valence-corrected chi connectivity index (χ1v) is 6.60. The standard InChI is InChI=1S/C14H21N3O/c1-17(11-12-7-9-15-10-12)14(18)6-5-13-4-2-3-8-16-13/h2-4,8,12,15H,5-7,9-11H2,1H3. The maximum absolute atomic E-state index is 12.0. The van der Waals surface area contributed by atoms with Gasteiger partial charge in [0.05, 0.1) is 0 Å². The summed E-state index contributed by atoms with van der Waals surface area (Å²) >= 11 is 0. The minimum atomic E-state index is 0.215. The zero-order valence-electron chi connectivity index (χ0n) is 10.9. The second-order valence-corrected chi connectivity index (χ2v) is 4.95. The van der Waals surface area contributed by atoms with E-state index in [9.17, 15) is 4.79 Å². The smallest absolute Gasteiger partial charge is 0.222 e. The highest BCUT2D eigenvalue weighted by molar-refractivity contribution is 5.76. The van der Waals surface area contributed by atoms with Crippen LogP contribution < -0.4 is 5.32 Å². The minimum absolute atomic E-state index is 0.215. The number of aromatic nitrogens is 1. The second kappa shape index (κ2) is 6.50. The highest BCUT2D eigenvalue weighted by Gasteiger charge is 2.18. The lowest BCUT2D eigenvalue weighted by Crippen LogP contribution is -2.32. The van der Waals surface area contributed by atoms with Gasteiger partial charge < -0.3 is 10.2 Å². The van der Waals surface area contributed by atoms with Crippen LogP contribution in [0.25, 0.3) is 0 Å². The van der Waals surface area contributed by atoms with Gasteiger partial charge in [-0.2, -0.15) is 0 Å². The summed E-state index contributed by atoms with van der Waals surface area (Å²) in [6.07, 6.45) is 4.23. The average Bonchev–Trinajstić information content (AvgIpc) is 2.90. The number of carbonyl (C=O) groups is 1. The Balaban J connectivity index is 1.73. The van der Waals surface area contributed by atoms with Crippen molar-refractivity contribution in [2.75, 3.05) is 26.7 Å². The topological polar surface area (TPSA) is 45.2 Å². The molecule has 0 spiro atoms. The van der Waals surface area contributed by atoms with E-state index in [-0.39, 0.29) is 5.91 Å². The van der Waals surface area contributed by atoms with Gasteiger partial charge in [0.2, 0.25) is 5.91 Å². The van der Waals surface area contributed by atoms with Crippen molar-refractivity contribution in [2.45, 2.75) is 19.3 Å². The molecule has 1 amide bonds. The fourth-order valence-corrected chi connectivity index (χ4v) is 2.33. The highest BCUT2D eigenvalue weighted by Crippen LogP contribution is 2.10. The van der Waals surface area contributed by atoms with E-state index in [1.807, 2.05) is 30.1 Å². The van der Waals surface area contributed by atoms with Crippen LogP contribution in [0.5, 0.6) is 0 Å². The Labute approximate surface area is 108 Å². The molecule has 4 nitrogen and oxygen atoms in total. The van der Waals surface area contributed by atoms with Crippen molar-refractivity contribution in [2.24, 2.45) is 5.92 Å². The fourth-order valence-electron chi connectivity index (χ4n) is 2.33. The van der Waals surface area contributed by atoms with Gasteiger partial charge in [-0.3, -0.25) is 9.78 Å². The third-order valence-corrected chi connectivity index (χ3v) is 3.44. The molecule has 1 aromatic heterocycles. The zero-order valence-corrected chi connectivity index (χ0v) is 10.9. The molecule has 18 heavy (non-hydrogen) atoms. The molecular weight excluding hydrogens is 226 g/mol. The van der Waals surface area contributed by atoms with Gasteiger partial charge in [0.1, 0.15) is 0 Å². The first kappa shape index (κ1) is 13.0. The van der Waals surface area contributed by atoms with Crippen molar-refractivity contribution in [1.29, 1.82) is 0 Å². The Morgan fingerprint density at radius 1 is 1.56 bits per heavy atom. The predicted molar refractivity (Wildman–Crippen MR) is 71.2 cm³/mol. The van der Waals surface area contributed by atoms with Gasteiger partial charge in [-0.05, 0) is 44.0 Å². The molecule has 1 atom stereocenters. The molecule has 1 unspecified atom stereocenters. The molecule has 1 aliphatic rings. The van der Waals surface area contributed by atoms with E-state index in [1.54, 1.807) is 6.20 Å². The third kappa shape index (κ3) is 3.81. The average molecular weight is 247 g/mol. The Morgan fingerprint density at radius 2 is 2.44 bits per heavy atom. The number of nitrogens with one attached hydrogen (secondary N) is 1. The number of aryl methyl sites for hydroxylation is 1. The molecule has 1 saturated heterocycles. The lowest BCUT2D eigenvalue weighted by atomic mass is 10.1. The summed E-state index contributed by atoms with van der Waals surface area (Å²) in [5.41, 5.74) is 0.988. The lowest BCUT2D eigenvalue weighted by molar-refractivity contribution is -0.130. The summed E-state index contributed by atoms with van der Waals surface area (Å²) in [5.74, 6) is 0.835. The van der Waals surface area contributed by atoms with Crippen molar-refractivity contribution in [1.82, 2.24) is 15.2 Å². The molecular formula is C14H21N3O. The lowest BCUT2D eigenvalue weighted by Gasteiger charge is -2.20. The van der Waals surface area contributed by atoms with Crippen LogP contribution in [0, 0.1) is 5.92 Å². The van der Waals surface area contributed by atoms with Crippen molar-refractivity contribution in [3.63, 3.8) is 0 Å². The van der Waals surface area contributed by atoms with Crippen LogP contribution in [0.3, 0.4) is 0 Å². The van der Waals surface area contributed by atoms with Gasteiger partial charge in [0, 0.05) is 31.9 Å². The van der Waals surface area contributed by atoms with E-state index in [1.165, 1.54) is 6.42 Å². The Hall–Kier alpha value is -1.42. The van der Waals surface area contributed by atoms with Crippen molar-refractivity contribution >= 4 is 5.91 Å². The summed E-state index contributed by atoms with van der Waals surface area (Å²) < 4.78 is 0. The molecule has 0 radical (unpaired) electrons. The third-order valence-electron chi connectivity index (χ3n) is 3.44. The van der Waals surface area contributed by atoms with Gasteiger partial charge in [0.15, 0.2) is 0 Å². The number of carbonyl (C=O) groups excluding carboxylic acids is 1. The molecule has 0 bridgehead atoms. The van der Waals surface area contributed by atoms with Gasteiger partial charge >= 0.3 is 0 Å². The van der Waals surface area contributed by atoms with Crippen LogP contribution in [0.2, 0.25) is 0 Å². The SMILES string of the molecule is CN(CC1CCNC1)C(=O)CCc1ccccn1. The van der Waals surface area contributed by atoms with Gasteiger partial charge in [-0.15, -0.1) is 0 Å². The number of hydrogen-bond acceptors (Lipinski definition) is 3. The van der Waals surface area contributed by atoms with E-state index in [4.69, 9.17) is 0 Å². The van der Waals surface area contributed by atoms with E-state index in [0.717, 1.165) is 31.7 Å². The van der Waals surface area contributed by atoms with E-state index in [0.29, 0.717) is 12.3 Å². The summed E-state index contributed by atoms with van der Waals surface area (Å²) in [7, 11) is 1.90. The molecule has 0 saturated carbocycles. The van der Waals surface area contributed by atoms with Gasteiger partial charge in [0.25, 0.3) is 0 Å². The van der Waals surface area contributed by atoms with Crippen molar-refractivity contribution in [3.8, 4) is 0 Å². The summed E-state index contributed by atoms with van der Waals surface area (Å²) in [6.45, 7) is 2.99. The van der Waals surface area contributed by atoms with Crippen LogP contribution in [0.1, 0.15) is 18.5 Å². The van der Waals surface area contributed by atoms with Crippen LogP contribution in [-0.4, -0.2) is 42.5 Å². The monoisotopic (exact) mass is 247 g/mol. The summed E-state index contributed by atoms with van der Waals surface area (Å²) in [5, 5.41) is 3.33. The number of pyridine rings is 1. The predicted octanol–water partition coefficient (Wildman–Crippen LogP) is 1.08. The molecule has 1 N–H and O–H groups in total. The summed E-state index contributed by atoms with van der Waals surface area (Å²) in [6, 6.07) is 5.82. The number of amides is 1. The number of nitrogens with zero attached hydrogens (tertiary/aromatic N) is 2.